The molecule has 1 amide bonds. The lowest BCUT2D eigenvalue weighted by Crippen LogP contribution is -2.15. The van der Waals surface area contributed by atoms with Crippen LogP contribution in [-0.2, 0) is 22.7 Å². The number of aryl methyl sites for hydroxylation is 2. The molecule has 0 aliphatic heterocycles. The van der Waals surface area contributed by atoms with Gasteiger partial charge in [0, 0.05) is 6.54 Å². The van der Waals surface area contributed by atoms with Crippen molar-refractivity contribution in [1.82, 2.24) is 19.7 Å². The summed E-state index contributed by atoms with van der Waals surface area (Å²) in [5, 5.41) is 12.1. The molecular weight excluding hydrogens is 462 g/mol. The molecule has 174 valence electrons. The summed E-state index contributed by atoms with van der Waals surface area (Å²) >= 11 is 2.33. The van der Waals surface area contributed by atoms with Crippen LogP contribution in [0.15, 0.2) is 42.1 Å². The molecule has 0 radical (unpaired) electrons. The fourth-order valence-electron chi connectivity index (χ4n) is 2.82. The number of allylic oxidation sites excluding steroid dienone is 1. The van der Waals surface area contributed by atoms with Gasteiger partial charge >= 0.3 is 5.97 Å². The number of esters is 1. The zero-order valence-corrected chi connectivity index (χ0v) is 20.3. The summed E-state index contributed by atoms with van der Waals surface area (Å²) < 4.78 is 12.7. The van der Waals surface area contributed by atoms with Crippen molar-refractivity contribution in [2.75, 3.05) is 17.7 Å². The van der Waals surface area contributed by atoms with Gasteiger partial charge in [0.15, 0.2) is 16.1 Å². The predicted molar refractivity (Wildman–Crippen MR) is 128 cm³/mol. The SMILES string of the molecule is C=CCn1c(COc2cccc(C)c2)nnc1SCC(=O)Nc1nc(C)c(C(=O)OCC)s1. The van der Waals surface area contributed by atoms with Gasteiger partial charge in [-0.1, -0.05) is 41.3 Å². The quantitative estimate of drug-likeness (QED) is 0.245. The highest BCUT2D eigenvalue weighted by atomic mass is 32.2. The van der Waals surface area contributed by atoms with Gasteiger partial charge in [-0.3, -0.25) is 9.36 Å². The topological polar surface area (TPSA) is 108 Å². The van der Waals surface area contributed by atoms with E-state index in [9.17, 15) is 9.59 Å². The zero-order valence-electron chi connectivity index (χ0n) is 18.7. The van der Waals surface area contributed by atoms with Crippen molar-refractivity contribution in [2.45, 2.75) is 39.1 Å². The zero-order chi connectivity index (χ0) is 23.8. The summed E-state index contributed by atoms with van der Waals surface area (Å²) in [6.45, 7) is 10.2. The number of benzene rings is 1. The molecule has 3 rings (SSSR count). The first kappa shape index (κ1) is 24.5. The number of ether oxygens (including phenoxy) is 2. The summed E-state index contributed by atoms with van der Waals surface area (Å²) in [5.74, 6) is 0.767. The molecule has 0 unspecified atom stereocenters. The highest BCUT2D eigenvalue weighted by Gasteiger charge is 2.19. The molecule has 0 fully saturated rings. The van der Waals surface area contributed by atoms with Gasteiger partial charge in [0.1, 0.15) is 17.2 Å². The van der Waals surface area contributed by atoms with Gasteiger partial charge in [-0.05, 0) is 38.5 Å². The van der Waals surface area contributed by atoms with E-state index < -0.39 is 5.97 Å². The lowest BCUT2D eigenvalue weighted by Gasteiger charge is -2.09. The Kier molecular flexibility index (Phi) is 8.61. The lowest BCUT2D eigenvalue weighted by atomic mass is 10.2. The molecule has 2 aromatic heterocycles. The van der Waals surface area contributed by atoms with E-state index in [2.05, 4.69) is 27.1 Å². The van der Waals surface area contributed by atoms with E-state index in [4.69, 9.17) is 9.47 Å². The van der Waals surface area contributed by atoms with Crippen LogP contribution in [0.3, 0.4) is 0 Å². The second-order valence-corrected chi connectivity index (χ2v) is 8.84. The molecular formula is C22H25N5O4S2. The highest BCUT2D eigenvalue weighted by molar-refractivity contribution is 7.99. The van der Waals surface area contributed by atoms with Crippen molar-refractivity contribution in [3.63, 3.8) is 0 Å². The second kappa shape index (κ2) is 11.6. The molecule has 0 aliphatic rings. The van der Waals surface area contributed by atoms with Crippen LogP contribution in [-0.4, -0.2) is 44.0 Å². The van der Waals surface area contributed by atoms with Gasteiger partial charge in [-0.25, -0.2) is 9.78 Å². The largest absolute Gasteiger partial charge is 0.486 e. The number of thioether (sulfide) groups is 1. The second-order valence-electron chi connectivity index (χ2n) is 6.89. The molecule has 0 spiro atoms. The molecule has 1 aromatic carbocycles. The number of nitrogens with zero attached hydrogens (tertiary/aromatic N) is 4. The van der Waals surface area contributed by atoms with E-state index in [1.807, 2.05) is 35.8 Å². The molecule has 0 atom stereocenters. The number of hydrogen-bond donors (Lipinski definition) is 1. The number of aromatic nitrogens is 4. The van der Waals surface area contributed by atoms with Crippen LogP contribution in [0.1, 0.15) is 33.7 Å². The van der Waals surface area contributed by atoms with Crippen molar-refractivity contribution in [3.05, 3.63) is 58.9 Å². The molecule has 0 aliphatic carbocycles. The normalized spacial score (nSPS) is 10.6. The van der Waals surface area contributed by atoms with E-state index in [-0.39, 0.29) is 24.9 Å². The van der Waals surface area contributed by atoms with Crippen molar-refractivity contribution in [2.24, 2.45) is 0 Å². The summed E-state index contributed by atoms with van der Waals surface area (Å²) in [6.07, 6.45) is 1.74. The first-order chi connectivity index (χ1) is 15.9. The highest BCUT2D eigenvalue weighted by Crippen LogP contribution is 2.24. The number of amides is 1. The Morgan fingerprint density at radius 3 is 2.85 bits per heavy atom. The minimum Gasteiger partial charge on any atom is -0.486 e. The number of thiazole rings is 1. The average Bonchev–Trinajstić information content (AvgIpc) is 3.34. The maximum atomic E-state index is 12.4. The van der Waals surface area contributed by atoms with Gasteiger partial charge < -0.3 is 14.8 Å². The molecule has 0 saturated heterocycles. The van der Waals surface area contributed by atoms with E-state index >= 15 is 0 Å². The van der Waals surface area contributed by atoms with Crippen molar-refractivity contribution in [3.8, 4) is 5.75 Å². The Labute approximate surface area is 200 Å². The van der Waals surface area contributed by atoms with Crippen LogP contribution >= 0.6 is 23.1 Å². The van der Waals surface area contributed by atoms with Crippen molar-refractivity contribution in [1.29, 1.82) is 0 Å². The monoisotopic (exact) mass is 487 g/mol. The third-order valence-electron chi connectivity index (χ3n) is 4.30. The van der Waals surface area contributed by atoms with E-state index in [1.54, 1.807) is 19.9 Å². The van der Waals surface area contributed by atoms with Crippen molar-refractivity contribution < 1.29 is 19.1 Å². The maximum absolute atomic E-state index is 12.4. The Morgan fingerprint density at radius 1 is 1.30 bits per heavy atom. The maximum Gasteiger partial charge on any atom is 0.350 e. The summed E-state index contributed by atoms with van der Waals surface area (Å²) in [4.78, 5) is 29.0. The number of carbonyl (C=O) groups is 2. The summed E-state index contributed by atoms with van der Waals surface area (Å²) in [5.41, 5.74) is 1.62. The molecule has 3 aromatic rings. The van der Waals surface area contributed by atoms with Crippen LogP contribution in [0.4, 0.5) is 5.13 Å². The lowest BCUT2D eigenvalue weighted by molar-refractivity contribution is -0.113. The third-order valence-corrected chi connectivity index (χ3v) is 6.32. The minimum atomic E-state index is -0.444. The smallest absolute Gasteiger partial charge is 0.350 e. The minimum absolute atomic E-state index is 0.0986. The van der Waals surface area contributed by atoms with Gasteiger partial charge in [-0.2, -0.15) is 0 Å². The third kappa shape index (κ3) is 6.65. The molecule has 33 heavy (non-hydrogen) atoms. The molecule has 2 heterocycles. The van der Waals surface area contributed by atoms with Crippen LogP contribution in [0.2, 0.25) is 0 Å². The fraction of sp³-hybridized carbons (Fsp3) is 0.318. The Hall–Kier alpha value is -3.18. The van der Waals surface area contributed by atoms with Crippen LogP contribution in [0.5, 0.6) is 5.75 Å². The molecule has 9 nitrogen and oxygen atoms in total. The first-order valence-corrected chi connectivity index (χ1v) is 12.0. The van der Waals surface area contributed by atoms with Crippen molar-refractivity contribution >= 4 is 40.1 Å². The summed E-state index contributed by atoms with van der Waals surface area (Å²) in [6, 6.07) is 7.76. The van der Waals surface area contributed by atoms with Gasteiger partial charge in [0.05, 0.1) is 18.1 Å². The Balaban J connectivity index is 1.60. The van der Waals surface area contributed by atoms with Gasteiger partial charge in [-0.15, -0.1) is 16.8 Å². The number of carbonyl (C=O) groups excluding carboxylic acids is 2. The average molecular weight is 488 g/mol. The molecule has 0 saturated carbocycles. The number of hydrogen-bond acceptors (Lipinski definition) is 9. The van der Waals surface area contributed by atoms with Crippen LogP contribution in [0.25, 0.3) is 0 Å². The number of nitrogens with one attached hydrogen (secondary N) is 1. The Bertz CT molecular complexity index is 1140. The standard InChI is InChI=1S/C22H25N5O4S2/c1-5-10-27-17(12-31-16-9-7-8-14(3)11-16)25-26-22(27)32-13-18(28)24-21-23-15(4)19(33-21)20(29)30-6-2/h5,7-9,11H,1,6,10,12-13H2,2-4H3,(H,23,24,28). The van der Waals surface area contributed by atoms with Gasteiger partial charge in [0.2, 0.25) is 5.91 Å². The molecule has 11 heteroatoms. The number of anilines is 1. The van der Waals surface area contributed by atoms with E-state index in [0.29, 0.717) is 33.2 Å². The summed E-state index contributed by atoms with van der Waals surface area (Å²) in [7, 11) is 0. The Morgan fingerprint density at radius 2 is 2.12 bits per heavy atom. The predicted octanol–water partition coefficient (Wildman–Crippen LogP) is 4.02. The number of rotatable bonds is 11. The molecule has 0 bridgehead atoms. The van der Waals surface area contributed by atoms with Crippen LogP contribution in [0, 0.1) is 13.8 Å². The first-order valence-electron chi connectivity index (χ1n) is 10.2. The molecule has 1 N–H and O–H groups in total. The van der Waals surface area contributed by atoms with Crippen LogP contribution < -0.4 is 10.1 Å². The fourth-order valence-corrected chi connectivity index (χ4v) is 4.46. The van der Waals surface area contributed by atoms with E-state index in [1.165, 1.54) is 11.8 Å². The van der Waals surface area contributed by atoms with E-state index in [0.717, 1.165) is 22.6 Å². The van der Waals surface area contributed by atoms with Gasteiger partial charge in [0.25, 0.3) is 0 Å².